The topological polar surface area (TPSA) is 16.4 Å². The van der Waals surface area contributed by atoms with Crippen LogP contribution in [0.1, 0.15) is 0 Å². The maximum absolute atomic E-state index is 6.93. The number of furan rings is 1. The lowest BCUT2D eigenvalue weighted by Gasteiger charge is -2.25. The first-order valence-corrected chi connectivity index (χ1v) is 16.4. The van der Waals surface area contributed by atoms with Gasteiger partial charge < -0.3 is 9.32 Å². The number of fused-ring (bicyclic) bond motifs is 6. The first-order valence-electron chi connectivity index (χ1n) is 16.4. The third-order valence-electron chi connectivity index (χ3n) is 9.25. The molecule has 0 fully saturated rings. The van der Waals surface area contributed by atoms with E-state index in [2.05, 4.69) is 187 Å². The molecule has 9 aromatic rings. The first-order chi connectivity index (χ1) is 23.8. The third kappa shape index (κ3) is 4.74. The molecule has 0 amide bonds. The summed E-state index contributed by atoms with van der Waals surface area (Å²) in [5.41, 5.74) is 9.98. The predicted molar refractivity (Wildman–Crippen MR) is 202 cm³/mol. The van der Waals surface area contributed by atoms with Crippen LogP contribution in [0, 0.1) is 0 Å². The van der Waals surface area contributed by atoms with Crippen molar-refractivity contribution >= 4 is 49.6 Å². The second kappa shape index (κ2) is 11.8. The zero-order valence-corrected chi connectivity index (χ0v) is 26.3. The fourth-order valence-electron chi connectivity index (χ4n) is 7.04. The van der Waals surface area contributed by atoms with Crippen LogP contribution in [0.2, 0.25) is 0 Å². The molecule has 1 aromatic heterocycles. The Morgan fingerprint density at radius 1 is 0.333 bits per heavy atom. The highest BCUT2D eigenvalue weighted by atomic mass is 16.3. The van der Waals surface area contributed by atoms with Crippen molar-refractivity contribution in [1.82, 2.24) is 0 Å². The van der Waals surface area contributed by atoms with Crippen LogP contribution < -0.4 is 4.90 Å². The van der Waals surface area contributed by atoms with E-state index in [1.807, 2.05) is 6.07 Å². The van der Waals surface area contributed by atoms with E-state index in [-0.39, 0.29) is 0 Å². The molecular formula is C46H31NO. The molecule has 1 heterocycles. The number of para-hydroxylation sites is 2. The zero-order chi connectivity index (χ0) is 31.9. The Labute approximate surface area is 279 Å². The summed E-state index contributed by atoms with van der Waals surface area (Å²) in [6, 6.07) is 66.5. The molecule has 2 heteroatoms. The lowest BCUT2D eigenvalue weighted by atomic mass is 9.91. The van der Waals surface area contributed by atoms with Crippen LogP contribution in [0.3, 0.4) is 0 Å². The van der Waals surface area contributed by atoms with Gasteiger partial charge in [-0.2, -0.15) is 0 Å². The smallest absolute Gasteiger partial charge is 0.143 e. The Bertz CT molecular complexity index is 2480. The summed E-state index contributed by atoms with van der Waals surface area (Å²) < 4.78 is 6.93. The molecule has 0 spiro atoms. The van der Waals surface area contributed by atoms with E-state index in [1.165, 1.54) is 27.3 Å². The molecule has 9 rings (SSSR count). The fraction of sp³-hybridized carbons (Fsp3) is 0. The van der Waals surface area contributed by atoms with Gasteiger partial charge in [0.2, 0.25) is 0 Å². The number of nitrogens with zero attached hydrogens (tertiary/aromatic N) is 1. The Kier molecular flexibility index (Phi) is 6.84. The van der Waals surface area contributed by atoms with Crippen LogP contribution in [0.4, 0.5) is 17.1 Å². The number of anilines is 3. The minimum Gasteiger partial charge on any atom is -0.455 e. The Hall–Kier alpha value is -6.38. The van der Waals surface area contributed by atoms with Crippen LogP contribution in [0.15, 0.2) is 192 Å². The molecule has 0 saturated carbocycles. The van der Waals surface area contributed by atoms with E-state index in [4.69, 9.17) is 4.42 Å². The molecule has 8 aromatic carbocycles. The van der Waals surface area contributed by atoms with Crippen molar-refractivity contribution in [3.63, 3.8) is 0 Å². The van der Waals surface area contributed by atoms with Crippen molar-refractivity contribution in [2.24, 2.45) is 0 Å². The van der Waals surface area contributed by atoms with Crippen molar-refractivity contribution in [2.45, 2.75) is 0 Å². The Morgan fingerprint density at radius 2 is 0.833 bits per heavy atom. The molecule has 2 nitrogen and oxygen atoms in total. The lowest BCUT2D eigenvalue weighted by Crippen LogP contribution is -2.09. The molecule has 0 aliphatic carbocycles. The molecule has 0 saturated heterocycles. The summed E-state index contributed by atoms with van der Waals surface area (Å²) >= 11 is 0. The van der Waals surface area contributed by atoms with Gasteiger partial charge in [0.15, 0.2) is 0 Å². The van der Waals surface area contributed by atoms with E-state index >= 15 is 0 Å². The maximum Gasteiger partial charge on any atom is 0.143 e. The van der Waals surface area contributed by atoms with Gasteiger partial charge in [-0.3, -0.25) is 0 Å². The van der Waals surface area contributed by atoms with Gasteiger partial charge in [-0.1, -0.05) is 140 Å². The van der Waals surface area contributed by atoms with E-state index in [1.54, 1.807) is 0 Å². The average molecular weight is 614 g/mol. The molecule has 0 N–H and O–H groups in total. The molecule has 0 aliphatic rings. The second-order valence-corrected chi connectivity index (χ2v) is 12.1. The number of benzene rings is 8. The van der Waals surface area contributed by atoms with Crippen LogP contribution in [0.25, 0.3) is 66.1 Å². The van der Waals surface area contributed by atoms with Gasteiger partial charge in [-0.05, 0) is 81.4 Å². The summed E-state index contributed by atoms with van der Waals surface area (Å²) in [6.07, 6.45) is 0. The summed E-state index contributed by atoms with van der Waals surface area (Å²) in [5, 5.41) is 5.86. The summed E-state index contributed by atoms with van der Waals surface area (Å²) in [4.78, 5) is 2.29. The highest BCUT2D eigenvalue weighted by molar-refractivity contribution is 6.28. The highest BCUT2D eigenvalue weighted by Gasteiger charge is 2.23. The normalized spacial score (nSPS) is 11.3. The molecule has 0 radical (unpaired) electrons. The molecule has 226 valence electrons. The standard InChI is InChI=1S/C46H31NO/c1-5-15-33(16-6-1)43-44-40-24-14-13-23-39(40)42-31-35(27-30-41(42)46(44)48-45(43)34-17-7-2-8-18-34)32-25-28-38(29-26-32)47(36-19-9-3-10-20-36)37-21-11-4-12-22-37/h1-31H. The zero-order valence-electron chi connectivity index (χ0n) is 26.3. The Morgan fingerprint density at radius 3 is 1.46 bits per heavy atom. The van der Waals surface area contributed by atoms with Gasteiger partial charge >= 0.3 is 0 Å². The van der Waals surface area contributed by atoms with Crippen molar-refractivity contribution in [1.29, 1.82) is 0 Å². The first kappa shape index (κ1) is 27.9. The minimum atomic E-state index is 0.899. The second-order valence-electron chi connectivity index (χ2n) is 12.1. The van der Waals surface area contributed by atoms with Crippen molar-refractivity contribution in [3.8, 4) is 33.6 Å². The fourth-order valence-corrected chi connectivity index (χ4v) is 7.04. The van der Waals surface area contributed by atoms with Crippen LogP contribution in [-0.4, -0.2) is 0 Å². The monoisotopic (exact) mass is 613 g/mol. The van der Waals surface area contributed by atoms with Gasteiger partial charge in [0.1, 0.15) is 11.3 Å². The molecule has 0 aliphatic heterocycles. The molecule has 48 heavy (non-hydrogen) atoms. The summed E-state index contributed by atoms with van der Waals surface area (Å²) in [6.45, 7) is 0. The average Bonchev–Trinajstić information content (AvgIpc) is 3.58. The van der Waals surface area contributed by atoms with Gasteiger partial charge in [-0.25, -0.2) is 0 Å². The maximum atomic E-state index is 6.93. The van der Waals surface area contributed by atoms with E-state index in [0.29, 0.717) is 0 Å². The van der Waals surface area contributed by atoms with Crippen LogP contribution in [-0.2, 0) is 0 Å². The highest BCUT2D eigenvalue weighted by Crippen LogP contribution is 2.47. The SMILES string of the molecule is c1ccc(-c2oc3c4ccc(-c5ccc(N(c6ccccc6)c6ccccc6)cc5)cc4c4ccccc4c3c2-c2ccccc2)cc1. The van der Waals surface area contributed by atoms with Crippen molar-refractivity contribution < 1.29 is 4.42 Å². The molecule has 0 bridgehead atoms. The quantitative estimate of drug-likeness (QED) is 0.174. The van der Waals surface area contributed by atoms with Gasteiger partial charge in [-0.15, -0.1) is 0 Å². The van der Waals surface area contributed by atoms with Gasteiger partial charge in [0.05, 0.1) is 0 Å². The number of hydrogen-bond acceptors (Lipinski definition) is 2. The van der Waals surface area contributed by atoms with E-state index in [0.717, 1.165) is 55.9 Å². The number of rotatable bonds is 6. The lowest BCUT2D eigenvalue weighted by molar-refractivity contribution is 0.636. The largest absolute Gasteiger partial charge is 0.455 e. The third-order valence-corrected chi connectivity index (χ3v) is 9.25. The Balaban J connectivity index is 1.22. The predicted octanol–water partition coefficient (Wildman–Crippen LogP) is 13.2. The summed E-state index contributed by atoms with van der Waals surface area (Å²) in [5.74, 6) is 0.899. The molecule has 0 atom stereocenters. The van der Waals surface area contributed by atoms with Crippen LogP contribution >= 0.6 is 0 Å². The summed E-state index contributed by atoms with van der Waals surface area (Å²) in [7, 11) is 0. The number of hydrogen-bond donors (Lipinski definition) is 0. The van der Waals surface area contributed by atoms with Crippen LogP contribution in [0.5, 0.6) is 0 Å². The minimum absolute atomic E-state index is 0.899. The van der Waals surface area contributed by atoms with E-state index in [9.17, 15) is 0 Å². The van der Waals surface area contributed by atoms with Gasteiger partial charge in [0.25, 0.3) is 0 Å². The van der Waals surface area contributed by atoms with Gasteiger partial charge in [0, 0.05) is 39.0 Å². The van der Waals surface area contributed by atoms with E-state index < -0.39 is 0 Å². The molecular weight excluding hydrogens is 583 g/mol. The molecule has 0 unspecified atom stereocenters. The van der Waals surface area contributed by atoms with Crippen molar-refractivity contribution in [3.05, 3.63) is 188 Å². The van der Waals surface area contributed by atoms with Crippen molar-refractivity contribution in [2.75, 3.05) is 4.90 Å².